The smallest absolute Gasteiger partial charge is 0.319 e. The van der Waals surface area contributed by atoms with Crippen molar-refractivity contribution in [1.82, 2.24) is 0 Å². The molecule has 0 aromatic carbocycles. The molecule has 0 heterocycles. The standard InChI is InChI=1S/C21H24Br2O3/c1-26-20(25)21-17-7-3-5-8(22)10(7)13-15(17)14-12(16(13)19(21)24)6-2-4-9(23)11(6)18(14)21/h6-18H,2-5H2,1H3/t6-,7-,8-,9+,10+,11-,12+,13-,14-,15-,16+,17+,18+,21-/m1/s1. The lowest BCUT2D eigenvalue weighted by molar-refractivity contribution is -0.172. The van der Waals surface area contributed by atoms with E-state index in [0.29, 0.717) is 62.8 Å². The molecule has 14 atom stereocenters. The molecule has 0 radical (unpaired) electrons. The van der Waals surface area contributed by atoms with Crippen molar-refractivity contribution in [2.24, 2.45) is 70.5 Å². The first-order valence-electron chi connectivity index (χ1n) is 10.5. The predicted octanol–water partition coefficient (Wildman–Crippen LogP) is 3.68. The molecule has 0 spiro atoms. The largest absolute Gasteiger partial charge is 0.468 e. The number of halogens is 2. The maximum absolute atomic E-state index is 14.0. The summed E-state index contributed by atoms with van der Waals surface area (Å²) < 4.78 is 5.42. The van der Waals surface area contributed by atoms with Crippen LogP contribution >= 0.6 is 31.9 Å². The first kappa shape index (κ1) is 16.0. The molecule has 0 N–H and O–H groups in total. The van der Waals surface area contributed by atoms with Crippen LogP contribution in [0.25, 0.3) is 0 Å². The second kappa shape index (κ2) is 4.63. The number of esters is 1. The Morgan fingerprint density at radius 2 is 1.54 bits per heavy atom. The molecular formula is C21H24Br2O3. The molecule has 3 nitrogen and oxygen atoms in total. The molecule has 0 aromatic rings. The molecule has 8 bridgehead atoms. The fourth-order valence-corrected chi connectivity index (χ4v) is 12.7. The zero-order chi connectivity index (χ0) is 17.7. The summed E-state index contributed by atoms with van der Waals surface area (Å²) in [6.45, 7) is 0. The zero-order valence-corrected chi connectivity index (χ0v) is 18.0. The summed E-state index contributed by atoms with van der Waals surface area (Å²) in [5.74, 6) is 5.56. The zero-order valence-electron chi connectivity index (χ0n) is 14.8. The van der Waals surface area contributed by atoms with Crippen molar-refractivity contribution in [1.29, 1.82) is 0 Å². The van der Waals surface area contributed by atoms with Crippen LogP contribution in [-0.4, -0.2) is 28.5 Å². The van der Waals surface area contributed by atoms with E-state index in [1.165, 1.54) is 32.8 Å². The first-order valence-corrected chi connectivity index (χ1v) is 12.3. The lowest BCUT2D eigenvalue weighted by Gasteiger charge is -2.44. The van der Waals surface area contributed by atoms with E-state index in [4.69, 9.17) is 4.74 Å². The van der Waals surface area contributed by atoms with Crippen LogP contribution in [0, 0.1) is 70.5 Å². The van der Waals surface area contributed by atoms with Gasteiger partial charge in [0.1, 0.15) is 5.41 Å². The van der Waals surface area contributed by atoms with E-state index in [1.807, 2.05) is 0 Å². The third-order valence-corrected chi connectivity index (χ3v) is 12.6. The fourth-order valence-electron chi connectivity index (χ4n) is 10.7. The predicted molar refractivity (Wildman–Crippen MR) is 102 cm³/mol. The summed E-state index contributed by atoms with van der Waals surface area (Å²) in [5.41, 5.74) is -0.798. The average molecular weight is 484 g/mol. The van der Waals surface area contributed by atoms with Gasteiger partial charge in [-0.3, -0.25) is 9.59 Å². The van der Waals surface area contributed by atoms with Crippen molar-refractivity contribution >= 4 is 43.6 Å². The Morgan fingerprint density at radius 1 is 0.885 bits per heavy atom. The number of hydrogen-bond acceptors (Lipinski definition) is 3. The molecule has 8 fully saturated rings. The third-order valence-electron chi connectivity index (χ3n) is 10.5. The lowest BCUT2D eigenvalue weighted by atomic mass is 9.56. The number of carbonyl (C=O) groups excluding carboxylic acids is 2. The van der Waals surface area contributed by atoms with E-state index in [1.54, 1.807) is 0 Å². The summed E-state index contributed by atoms with van der Waals surface area (Å²) >= 11 is 7.94. The molecule has 5 heteroatoms. The minimum Gasteiger partial charge on any atom is -0.468 e. The molecule has 26 heavy (non-hydrogen) atoms. The Hall–Kier alpha value is 0.1000. The number of carbonyl (C=O) groups is 2. The van der Waals surface area contributed by atoms with Gasteiger partial charge in [-0.15, -0.1) is 0 Å². The topological polar surface area (TPSA) is 43.4 Å². The van der Waals surface area contributed by atoms with Crippen molar-refractivity contribution in [3.8, 4) is 0 Å². The molecule has 0 aromatic heterocycles. The second-order valence-electron chi connectivity index (χ2n) is 10.3. The van der Waals surface area contributed by atoms with Gasteiger partial charge in [0, 0.05) is 15.6 Å². The summed E-state index contributed by atoms with van der Waals surface area (Å²) in [7, 11) is 1.51. The number of alkyl halides is 2. The Bertz CT molecular complexity index is 754. The fraction of sp³-hybridized carbons (Fsp3) is 0.905. The van der Waals surface area contributed by atoms with E-state index in [-0.39, 0.29) is 23.7 Å². The van der Waals surface area contributed by atoms with Crippen LogP contribution < -0.4 is 0 Å². The van der Waals surface area contributed by atoms with Crippen molar-refractivity contribution in [3.63, 3.8) is 0 Å². The average Bonchev–Trinajstić information content (AvgIpc) is 3.37. The summed E-state index contributed by atoms with van der Waals surface area (Å²) in [5, 5.41) is 0. The van der Waals surface area contributed by atoms with Gasteiger partial charge in [-0.25, -0.2) is 0 Å². The lowest BCUT2D eigenvalue weighted by Crippen LogP contribution is -2.56. The number of ether oxygens (including phenoxy) is 1. The van der Waals surface area contributed by atoms with Crippen molar-refractivity contribution < 1.29 is 14.3 Å². The van der Waals surface area contributed by atoms with E-state index in [0.717, 1.165) is 0 Å². The first-order chi connectivity index (χ1) is 12.5. The number of rotatable bonds is 1. The minimum atomic E-state index is -0.798. The van der Waals surface area contributed by atoms with Crippen molar-refractivity contribution in [3.05, 3.63) is 0 Å². The van der Waals surface area contributed by atoms with Gasteiger partial charge >= 0.3 is 5.97 Å². The Kier molecular flexibility index (Phi) is 2.84. The molecule has 0 aliphatic heterocycles. The Morgan fingerprint density at radius 3 is 2.27 bits per heavy atom. The molecule has 8 rings (SSSR count). The molecule has 8 aliphatic rings. The molecule has 0 saturated heterocycles. The van der Waals surface area contributed by atoms with Crippen LogP contribution in [0.15, 0.2) is 0 Å². The van der Waals surface area contributed by atoms with E-state index < -0.39 is 5.41 Å². The van der Waals surface area contributed by atoms with Gasteiger partial charge in [-0.2, -0.15) is 0 Å². The van der Waals surface area contributed by atoms with Gasteiger partial charge in [0.05, 0.1) is 7.11 Å². The Labute approximate surface area is 170 Å². The van der Waals surface area contributed by atoms with Gasteiger partial charge in [0.15, 0.2) is 5.78 Å². The van der Waals surface area contributed by atoms with E-state index >= 15 is 0 Å². The van der Waals surface area contributed by atoms with Crippen LogP contribution in [0.2, 0.25) is 0 Å². The minimum absolute atomic E-state index is 0.151. The highest BCUT2D eigenvalue weighted by atomic mass is 79.9. The highest BCUT2D eigenvalue weighted by molar-refractivity contribution is 9.09. The van der Waals surface area contributed by atoms with Crippen molar-refractivity contribution in [2.45, 2.75) is 35.3 Å². The SMILES string of the molecule is COC(=O)[C@@]12C(=O)[C@@H]3[C@H]4[C@H]([C@H]5[C@@H]3[C@@H]3CC[C@H](Br)[C@@H]3[C@@H]51)[C@@H]2[C@@H]1CC[C@@H](Br)[C@H]14. The summed E-state index contributed by atoms with van der Waals surface area (Å²) in [4.78, 5) is 28.4. The normalized spacial score (nSPS) is 68.0. The number of fused-ring (bicyclic) bond motifs is 2. The van der Waals surface area contributed by atoms with Crippen LogP contribution in [0.4, 0.5) is 0 Å². The molecular weight excluding hydrogens is 460 g/mol. The third kappa shape index (κ3) is 1.28. The number of methoxy groups -OCH3 is 1. The Balaban J connectivity index is 1.51. The highest BCUT2D eigenvalue weighted by Crippen LogP contribution is 2.87. The van der Waals surface area contributed by atoms with Crippen LogP contribution in [0.5, 0.6) is 0 Å². The maximum atomic E-state index is 14.0. The van der Waals surface area contributed by atoms with Crippen LogP contribution in [-0.2, 0) is 14.3 Å². The molecule has 0 amide bonds. The number of hydrogen-bond donors (Lipinski definition) is 0. The summed E-state index contributed by atoms with van der Waals surface area (Å²) in [6.07, 6.45) is 4.85. The number of ketones is 1. The molecule has 140 valence electrons. The maximum Gasteiger partial charge on any atom is 0.319 e. The second-order valence-corrected chi connectivity index (χ2v) is 12.6. The van der Waals surface area contributed by atoms with E-state index in [2.05, 4.69) is 31.9 Å². The molecule has 8 saturated carbocycles. The monoisotopic (exact) mass is 482 g/mol. The van der Waals surface area contributed by atoms with Crippen LogP contribution in [0.3, 0.4) is 0 Å². The van der Waals surface area contributed by atoms with Gasteiger partial charge < -0.3 is 4.74 Å². The quantitative estimate of drug-likeness (QED) is 0.324. The van der Waals surface area contributed by atoms with Gasteiger partial charge in [0.2, 0.25) is 0 Å². The van der Waals surface area contributed by atoms with Gasteiger partial charge in [-0.1, -0.05) is 31.9 Å². The van der Waals surface area contributed by atoms with E-state index in [9.17, 15) is 9.59 Å². The number of Topliss-reactive ketones (excluding diaryl/α,β-unsaturated/α-hetero) is 1. The van der Waals surface area contributed by atoms with Crippen LogP contribution in [0.1, 0.15) is 25.7 Å². The highest BCUT2D eigenvalue weighted by Gasteiger charge is 2.90. The summed E-state index contributed by atoms with van der Waals surface area (Å²) in [6, 6.07) is 0. The van der Waals surface area contributed by atoms with Gasteiger partial charge in [-0.05, 0) is 84.9 Å². The van der Waals surface area contributed by atoms with Gasteiger partial charge in [0.25, 0.3) is 0 Å². The molecule has 0 unspecified atom stereocenters. The van der Waals surface area contributed by atoms with Crippen molar-refractivity contribution in [2.75, 3.05) is 7.11 Å². The molecule has 8 aliphatic carbocycles.